The molecule has 2 rings (SSSR count). The third kappa shape index (κ3) is 2.70. The first kappa shape index (κ1) is 13.8. The average Bonchev–Trinajstić information content (AvgIpc) is 2.92. The van der Waals surface area contributed by atoms with Crippen LogP contribution in [0.2, 0.25) is 0 Å². The summed E-state index contributed by atoms with van der Waals surface area (Å²) in [5, 5.41) is 11.2. The van der Waals surface area contributed by atoms with Gasteiger partial charge in [-0.25, -0.2) is 0 Å². The van der Waals surface area contributed by atoms with Gasteiger partial charge in [0.2, 0.25) is 0 Å². The van der Waals surface area contributed by atoms with E-state index >= 15 is 0 Å². The molecule has 6 nitrogen and oxygen atoms in total. The second-order valence-corrected chi connectivity index (χ2v) is 5.07. The Labute approximate surface area is 119 Å². The molecule has 1 amide bonds. The van der Waals surface area contributed by atoms with Crippen molar-refractivity contribution in [3.05, 3.63) is 33.8 Å². The van der Waals surface area contributed by atoms with E-state index in [1.807, 2.05) is 20.9 Å². The number of carbonyl (C=O) groups excluding carboxylic acids is 1. The summed E-state index contributed by atoms with van der Waals surface area (Å²) in [6.07, 6.45) is 3.40. The Kier molecular flexibility index (Phi) is 4.04. The Morgan fingerprint density at radius 1 is 1.42 bits per heavy atom. The van der Waals surface area contributed by atoms with E-state index in [-0.39, 0.29) is 5.91 Å². The highest BCUT2D eigenvalue weighted by molar-refractivity contribution is 9.10. The molecule has 0 saturated heterocycles. The van der Waals surface area contributed by atoms with Gasteiger partial charge < -0.3 is 5.32 Å². The number of amides is 1. The maximum atomic E-state index is 12.2. The molecule has 0 atom stereocenters. The number of hydrogen-bond donors (Lipinski definition) is 1. The largest absolute Gasteiger partial charge is 0.346 e. The average molecular weight is 326 g/mol. The number of aryl methyl sites for hydroxylation is 2. The minimum absolute atomic E-state index is 0.144. The van der Waals surface area contributed by atoms with Crippen LogP contribution < -0.4 is 5.32 Å². The normalized spacial score (nSPS) is 10.7. The van der Waals surface area contributed by atoms with Gasteiger partial charge in [-0.2, -0.15) is 10.2 Å². The van der Waals surface area contributed by atoms with E-state index in [1.54, 1.807) is 21.8 Å². The summed E-state index contributed by atoms with van der Waals surface area (Å²) in [7, 11) is 1.88. The summed E-state index contributed by atoms with van der Waals surface area (Å²) in [5.41, 5.74) is 2.60. The summed E-state index contributed by atoms with van der Waals surface area (Å²) in [6, 6.07) is 0. The summed E-state index contributed by atoms with van der Waals surface area (Å²) < 4.78 is 4.15. The van der Waals surface area contributed by atoms with Crippen molar-refractivity contribution in [3.63, 3.8) is 0 Å². The number of aromatic nitrogens is 4. The minimum Gasteiger partial charge on any atom is -0.346 e. The first-order valence-electron chi connectivity index (χ1n) is 6.01. The monoisotopic (exact) mass is 325 g/mol. The third-order valence-corrected chi connectivity index (χ3v) is 3.67. The van der Waals surface area contributed by atoms with Crippen LogP contribution in [0.15, 0.2) is 16.9 Å². The summed E-state index contributed by atoms with van der Waals surface area (Å²) in [6.45, 7) is 5.03. The van der Waals surface area contributed by atoms with E-state index in [0.717, 1.165) is 11.3 Å². The fourth-order valence-electron chi connectivity index (χ4n) is 1.80. The Bertz CT molecular complexity index is 601. The molecule has 0 unspecified atom stereocenters. The van der Waals surface area contributed by atoms with Crippen molar-refractivity contribution in [2.75, 3.05) is 0 Å². The van der Waals surface area contributed by atoms with E-state index in [2.05, 4.69) is 31.4 Å². The molecule has 102 valence electrons. The molecule has 0 aliphatic heterocycles. The first-order valence-corrected chi connectivity index (χ1v) is 6.80. The minimum atomic E-state index is -0.144. The summed E-state index contributed by atoms with van der Waals surface area (Å²) in [5.74, 6) is -0.144. The van der Waals surface area contributed by atoms with Gasteiger partial charge in [-0.15, -0.1) is 0 Å². The van der Waals surface area contributed by atoms with Crippen molar-refractivity contribution < 1.29 is 4.79 Å². The molecule has 19 heavy (non-hydrogen) atoms. The van der Waals surface area contributed by atoms with Gasteiger partial charge in [0.15, 0.2) is 0 Å². The maximum absolute atomic E-state index is 12.2. The Morgan fingerprint density at radius 3 is 2.74 bits per heavy atom. The van der Waals surface area contributed by atoms with Crippen molar-refractivity contribution in [2.24, 2.45) is 7.05 Å². The quantitative estimate of drug-likeness (QED) is 0.929. The molecule has 0 saturated carbocycles. The van der Waals surface area contributed by atoms with E-state index in [9.17, 15) is 4.79 Å². The lowest BCUT2D eigenvalue weighted by Crippen LogP contribution is -2.26. The lowest BCUT2D eigenvalue weighted by atomic mass is 10.2. The standard InChI is InChI=1S/C12H16BrN5O/c1-4-18-11(10(13)7-16-18)12(19)14-5-9-6-15-17(3)8(9)2/h6-7H,4-5H2,1-3H3,(H,14,19). The number of nitrogens with zero attached hydrogens (tertiary/aromatic N) is 4. The zero-order valence-electron chi connectivity index (χ0n) is 11.1. The SMILES string of the molecule is CCn1ncc(Br)c1C(=O)NCc1cnn(C)c1C. The molecule has 7 heteroatoms. The van der Waals surface area contributed by atoms with Gasteiger partial charge in [-0.1, -0.05) is 0 Å². The van der Waals surface area contributed by atoms with Crippen LogP contribution in [-0.4, -0.2) is 25.5 Å². The number of rotatable bonds is 4. The van der Waals surface area contributed by atoms with E-state index < -0.39 is 0 Å². The predicted octanol–water partition coefficient (Wildman–Crippen LogP) is 1.64. The smallest absolute Gasteiger partial charge is 0.271 e. The van der Waals surface area contributed by atoms with Gasteiger partial charge in [-0.05, 0) is 29.8 Å². The van der Waals surface area contributed by atoms with Crippen LogP contribution in [0, 0.1) is 6.92 Å². The molecule has 2 heterocycles. The van der Waals surface area contributed by atoms with Crippen LogP contribution in [0.4, 0.5) is 0 Å². The molecule has 0 spiro atoms. The van der Waals surface area contributed by atoms with E-state index in [0.29, 0.717) is 23.3 Å². The molecule has 0 aromatic carbocycles. The van der Waals surface area contributed by atoms with Crippen molar-refractivity contribution in [3.8, 4) is 0 Å². The van der Waals surface area contributed by atoms with Crippen LogP contribution in [0.3, 0.4) is 0 Å². The predicted molar refractivity (Wildman–Crippen MR) is 74.7 cm³/mol. The van der Waals surface area contributed by atoms with Crippen LogP contribution in [0.1, 0.15) is 28.7 Å². The van der Waals surface area contributed by atoms with Crippen molar-refractivity contribution in [2.45, 2.75) is 26.9 Å². The van der Waals surface area contributed by atoms with E-state index in [4.69, 9.17) is 0 Å². The summed E-state index contributed by atoms with van der Waals surface area (Å²) >= 11 is 3.34. The van der Waals surface area contributed by atoms with Crippen molar-refractivity contribution in [1.29, 1.82) is 0 Å². The molecule has 1 N–H and O–H groups in total. The van der Waals surface area contributed by atoms with Gasteiger partial charge >= 0.3 is 0 Å². The molecule has 0 aliphatic carbocycles. The third-order valence-electron chi connectivity index (χ3n) is 3.09. The van der Waals surface area contributed by atoms with Crippen molar-refractivity contribution >= 4 is 21.8 Å². The molecule has 0 radical (unpaired) electrons. The number of halogens is 1. The highest BCUT2D eigenvalue weighted by Crippen LogP contribution is 2.16. The van der Waals surface area contributed by atoms with Gasteiger partial charge in [0.05, 0.1) is 16.9 Å². The van der Waals surface area contributed by atoms with E-state index in [1.165, 1.54) is 0 Å². The van der Waals surface area contributed by atoms with Crippen molar-refractivity contribution in [1.82, 2.24) is 24.9 Å². The zero-order chi connectivity index (χ0) is 14.0. The Morgan fingerprint density at radius 2 is 2.16 bits per heavy atom. The number of carbonyl (C=O) groups is 1. The Hall–Kier alpha value is -1.63. The molecular formula is C12H16BrN5O. The van der Waals surface area contributed by atoms with Gasteiger partial charge in [0.1, 0.15) is 5.69 Å². The highest BCUT2D eigenvalue weighted by Gasteiger charge is 2.16. The molecule has 2 aromatic rings. The zero-order valence-corrected chi connectivity index (χ0v) is 12.7. The molecule has 0 bridgehead atoms. The fraction of sp³-hybridized carbons (Fsp3) is 0.417. The first-order chi connectivity index (χ1) is 9.04. The number of nitrogens with one attached hydrogen (secondary N) is 1. The molecule has 2 aromatic heterocycles. The Balaban J connectivity index is 2.09. The molecule has 0 aliphatic rings. The second-order valence-electron chi connectivity index (χ2n) is 4.22. The lowest BCUT2D eigenvalue weighted by molar-refractivity contribution is 0.0939. The highest BCUT2D eigenvalue weighted by atomic mass is 79.9. The van der Waals surface area contributed by atoms with Crippen LogP contribution in [0.5, 0.6) is 0 Å². The van der Waals surface area contributed by atoms with Crippen LogP contribution in [-0.2, 0) is 20.1 Å². The van der Waals surface area contributed by atoms with Gasteiger partial charge in [0, 0.05) is 31.4 Å². The maximum Gasteiger partial charge on any atom is 0.271 e. The summed E-state index contributed by atoms with van der Waals surface area (Å²) in [4.78, 5) is 12.2. The lowest BCUT2D eigenvalue weighted by Gasteiger charge is -2.07. The van der Waals surface area contributed by atoms with Gasteiger partial charge in [-0.3, -0.25) is 14.2 Å². The van der Waals surface area contributed by atoms with Crippen LogP contribution in [0.25, 0.3) is 0 Å². The molecule has 0 fully saturated rings. The van der Waals surface area contributed by atoms with Crippen LogP contribution >= 0.6 is 15.9 Å². The topological polar surface area (TPSA) is 64.7 Å². The second kappa shape index (κ2) is 5.56. The number of hydrogen-bond acceptors (Lipinski definition) is 3. The van der Waals surface area contributed by atoms with Gasteiger partial charge in [0.25, 0.3) is 5.91 Å². The fourth-order valence-corrected chi connectivity index (χ4v) is 2.28. The molecular weight excluding hydrogens is 310 g/mol.